The minimum atomic E-state index is -0.535. The zero-order valence-corrected chi connectivity index (χ0v) is 13.5. The number of aromatic amines is 1. The number of fused-ring (bicyclic) bond motifs is 1. The SMILES string of the molecule is Cc1sc2[nH]c(=S)n(-c3ccc(F)c(Cl)c3)c(=O)c2c1C. The lowest BCUT2D eigenvalue weighted by atomic mass is 10.2. The Morgan fingerprint density at radius 3 is 2.76 bits per heavy atom. The molecule has 0 aliphatic rings. The second-order valence-electron chi connectivity index (χ2n) is 4.66. The lowest BCUT2D eigenvalue weighted by Crippen LogP contribution is -2.20. The highest BCUT2D eigenvalue weighted by Crippen LogP contribution is 2.26. The minimum Gasteiger partial charge on any atom is -0.323 e. The highest BCUT2D eigenvalue weighted by molar-refractivity contribution is 7.71. The van der Waals surface area contributed by atoms with Crippen molar-refractivity contribution in [2.75, 3.05) is 0 Å². The van der Waals surface area contributed by atoms with Gasteiger partial charge in [-0.15, -0.1) is 11.3 Å². The molecule has 7 heteroatoms. The van der Waals surface area contributed by atoms with Crippen LogP contribution in [0, 0.1) is 24.4 Å². The Balaban J connectivity index is 2.42. The van der Waals surface area contributed by atoms with E-state index < -0.39 is 5.82 Å². The average molecular weight is 341 g/mol. The van der Waals surface area contributed by atoms with Crippen molar-refractivity contribution in [3.63, 3.8) is 0 Å². The van der Waals surface area contributed by atoms with Gasteiger partial charge in [0.2, 0.25) is 0 Å². The largest absolute Gasteiger partial charge is 0.323 e. The molecule has 0 saturated heterocycles. The van der Waals surface area contributed by atoms with Crippen LogP contribution in [0.1, 0.15) is 10.4 Å². The van der Waals surface area contributed by atoms with Gasteiger partial charge in [-0.3, -0.25) is 9.36 Å². The fourth-order valence-electron chi connectivity index (χ4n) is 2.19. The summed E-state index contributed by atoms with van der Waals surface area (Å²) in [5.41, 5.74) is 1.14. The standard InChI is InChI=1S/C14H10ClFN2OS2/c1-6-7(2)21-12-11(6)13(19)18(14(20)17-12)8-3-4-10(16)9(15)5-8/h3-5H,1-2H3,(H,17,20). The quantitative estimate of drug-likeness (QED) is 0.661. The predicted molar refractivity (Wildman–Crippen MR) is 87.0 cm³/mol. The summed E-state index contributed by atoms with van der Waals surface area (Å²) in [4.78, 5) is 17.6. The van der Waals surface area contributed by atoms with Gasteiger partial charge in [0, 0.05) is 4.88 Å². The Hall–Kier alpha value is -1.50. The molecule has 0 radical (unpaired) electrons. The van der Waals surface area contributed by atoms with E-state index in [-0.39, 0.29) is 15.4 Å². The van der Waals surface area contributed by atoms with Crippen LogP contribution in [0.4, 0.5) is 4.39 Å². The molecular formula is C14H10ClFN2OS2. The number of hydrogen-bond acceptors (Lipinski definition) is 3. The van der Waals surface area contributed by atoms with Gasteiger partial charge in [-0.2, -0.15) is 0 Å². The van der Waals surface area contributed by atoms with Gasteiger partial charge >= 0.3 is 0 Å². The van der Waals surface area contributed by atoms with Crippen molar-refractivity contribution < 1.29 is 4.39 Å². The molecule has 1 aromatic carbocycles. The zero-order chi connectivity index (χ0) is 15.3. The molecule has 3 aromatic rings. The molecule has 0 aliphatic heterocycles. The minimum absolute atomic E-state index is 0.0490. The van der Waals surface area contributed by atoms with E-state index in [1.54, 1.807) is 0 Å². The van der Waals surface area contributed by atoms with Gasteiger partial charge in [-0.1, -0.05) is 11.6 Å². The molecule has 0 saturated carbocycles. The third-order valence-electron chi connectivity index (χ3n) is 3.39. The molecule has 0 aliphatic carbocycles. The Bertz CT molecular complexity index is 987. The van der Waals surface area contributed by atoms with E-state index in [0.717, 1.165) is 15.3 Å². The van der Waals surface area contributed by atoms with Crippen LogP contribution in [-0.4, -0.2) is 9.55 Å². The number of H-pyrrole nitrogens is 1. The highest BCUT2D eigenvalue weighted by atomic mass is 35.5. The average Bonchev–Trinajstić information content (AvgIpc) is 2.69. The molecule has 0 fully saturated rings. The van der Waals surface area contributed by atoms with E-state index in [4.69, 9.17) is 23.8 Å². The van der Waals surface area contributed by atoms with E-state index in [9.17, 15) is 9.18 Å². The Labute approximate surface area is 133 Å². The summed E-state index contributed by atoms with van der Waals surface area (Å²) >= 11 is 12.5. The highest BCUT2D eigenvalue weighted by Gasteiger charge is 2.14. The van der Waals surface area contributed by atoms with Crippen molar-refractivity contribution in [1.82, 2.24) is 9.55 Å². The summed E-state index contributed by atoms with van der Waals surface area (Å²) in [7, 11) is 0. The Morgan fingerprint density at radius 2 is 2.10 bits per heavy atom. The van der Waals surface area contributed by atoms with Crippen LogP contribution in [0.2, 0.25) is 5.02 Å². The summed E-state index contributed by atoms with van der Waals surface area (Å²) in [5, 5.41) is 0.554. The molecule has 3 rings (SSSR count). The van der Waals surface area contributed by atoms with Crippen molar-refractivity contribution in [2.45, 2.75) is 13.8 Å². The lowest BCUT2D eigenvalue weighted by molar-refractivity contribution is 0.627. The molecule has 108 valence electrons. The number of nitrogens with zero attached hydrogens (tertiary/aromatic N) is 1. The van der Waals surface area contributed by atoms with Crippen molar-refractivity contribution in [3.05, 3.63) is 54.6 Å². The van der Waals surface area contributed by atoms with E-state index in [0.29, 0.717) is 11.1 Å². The van der Waals surface area contributed by atoms with Crippen LogP contribution in [0.25, 0.3) is 15.9 Å². The number of nitrogens with one attached hydrogen (secondary N) is 1. The topological polar surface area (TPSA) is 37.8 Å². The normalized spacial score (nSPS) is 11.2. The predicted octanol–water partition coefficient (Wildman–Crippen LogP) is 4.52. The van der Waals surface area contributed by atoms with Crippen LogP contribution in [0.15, 0.2) is 23.0 Å². The van der Waals surface area contributed by atoms with Gasteiger partial charge in [0.15, 0.2) is 4.77 Å². The molecule has 0 unspecified atom stereocenters. The number of aryl methyl sites for hydroxylation is 2. The first-order chi connectivity index (χ1) is 9.90. The molecule has 3 nitrogen and oxygen atoms in total. The van der Waals surface area contributed by atoms with Gasteiger partial charge in [-0.05, 0) is 49.8 Å². The van der Waals surface area contributed by atoms with Crippen molar-refractivity contribution in [2.24, 2.45) is 0 Å². The number of thiophene rings is 1. The number of rotatable bonds is 1. The number of benzene rings is 1. The van der Waals surface area contributed by atoms with Crippen LogP contribution in [0.5, 0.6) is 0 Å². The van der Waals surface area contributed by atoms with Crippen molar-refractivity contribution in [3.8, 4) is 5.69 Å². The van der Waals surface area contributed by atoms with Crippen LogP contribution in [-0.2, 0) is 0 Å². The number of aromatic nitrogens is 2. The van der Waals surface area contributed by atoms with E-state index in [1.165, 1.54) is 34.1 Å². The first-order valence-electron chi connectivity index (χ1n) is 6.10. The second-order valence-corrected chi connectivity index (χ2v) is 6.68. The lowest BCUT2D eigenvalue weighted by Gasteiger charge is -2.07. The smallest absolute Gasteiger partial charge is 0.267 e. The van der Waals surface area contributed by atoms with Gasteiger partial charge in [0.05, 0.1) is 16.1 Å². The van der Waals surface area contributed by atoms with E-state index >= 15 is 0 Å². The van der Waals surface area contributed by atoms with Crippen LogP contribution >= 0.6 is 35.2 Å². The fourth-order valence-corrected chi connectivity index (χ4v) is 3.77. The molecule has 0 atom stereocenters. The maximum atomic E-state index is 13.3. The first-order valence-corrected chi connectivity index (χ1v) is 7.71. The van der Waals surface area contributed by atoms with Gasteiger partial charge in [-0.25, -0.2) is 4.39 Å². The third kappa shape index (κ3) is 2.23. The van der Waals surface area contributed by atoms with E-state index in [2.05, 4.69) is 4.98 Å². The Morgan fingerprint density at radius 1 is 1.38 bits per heavy atom. The number of hydrogen-bond donors (Lipinski definition) is 1. The molecule has 0 amide bonds. The molecule has 0 bridgehead atoms. The molecule has 0 spiro atoms. The van der Waals surface area contributed by atoms with Crippen molar-refractivity contribution in [1.29, 1.82) is 0 Å². The maximum Gasteiger partial charge on any atom is 0.267 e. The Kier molecular flexibility index (Phi) is 3.47. The molecule has 21 heavy (non-hydrogen) atoms. The van der Waals surface area contributed by atoms with E-state index in [1.807, 2.05) is 13.8 Å². The van der Waals surface area contributed by atoms with Crippen LogP contribution < -0.4 is 5.56 Å². The second kappa shape index (κ2) is 5.05. The molecular weight excluding hydrogens is 331 g/mol. The van der Waals surface area contributed by atoms with Gasteiger partial charge < -0.3 is 4.98 Å². The monoisotopic (exact) mass is 340 g/mol. The maximum absolute atomic E-state index is 13.3. The third-order valence-corrected chi connectivity index (χ3v) is 5.08. The van der Waals surface area contributed by atoms with Gasteiger partial charge in [0.25, 0.3) is 5.56 Å². The fraction of sp³-hybridized carbons (Fsp3) is 0.143. The molecule has 2 heterocycles. The van der Waals surface area contributed by atoms with Crippen LogP contribution in [0.3, 0.4) is 0 Å². The molecule has 1 N–H and O–H groups in total. The van der Waals surface area contributed by atoms with Gasteiger partial charge in [0.1, 0.15) is 10.6 Å². The summed E-state index contributed by atoms with van der Waals surface area (Å²) in [5.74, 6) is -0.535. The summed E-state index contributed by atoms with van der Waals surface area (Å²) < 4.78 is 14.9. The summed E-state index contributed by atoms with van der Waals surface area (Å²) in [6.45, 7) is 3.85. The molecule has 2 aromatic heterocycles. The zero-order valence-electron chi connectivity index (χ0n) is 11.2. The summed E-state index contributed by atoms with van der Waals surface area (Å²) in [6.07, 6.45) is 0. The first kappa shape index (κ1) is 14.4. The van der Waals surface area contributed by atoms with Crippen molar-refractivity contribution >= 4 is 45.4 Å². The number of halogens is 2. The summed E-state index contributed by atoms with van der Waals surface area (Å²) in [6, 6.07) is 4.09.